The maximum Gasteiger partial charge on any atom is 0.0759 e. The van der Waals surface area contributed by atoms with Crippen molar-refractivity contribution < 1.29 is 4.74 Å². The van der Waals surface area contributed by atoms with Crippen LogP contribution in [0, 0.1) is 0 Å². The van der Waals surface area contributed by atoms with E-state index in [0.717, 1.165) is 6.61 Å². The van der Waals surface area contributed by atoms with E-state index < -0.39 is 0 Å². The molecule has 1 saturated heterocycles. The highest BCUT2D eigenvalue weighted by atomic mass is 16.5. The van der Waals surface area contributed by atoms with Crippen LogP contribution in [-0.4, -0.2) is 12.7 Å². The highest BCUT2D eigenvalue weighted by molar-refractivity contribution is 5.49. The van der Waals surface area contributed by atoms with Crippen LogP contribution in [0.15, 0.2) is 36.4 Å². The second-order valence-corrected chi connectivity index (χ2v) is 3.32. The summed E-state index contributed by atoms with van der Waals surface area (Å²) in [5.74, 6) is 0. The number of benzene rings is 1. The molecule has 0 saturated carbocycles. The highest BCUT2D eigenvalue weighted by Gasteiger charge is 2.10. The van der Waals surface area contributed by atoms with Gasteiger partial charge in [-0.05, 0) is 18.4 Å². The van der Waals surface area contributed by atoms with Gasteiger partial charge in [-0.2, -0.15) is 0 Å². The molecule has 0 N–H and O–H groups in total. The molecule has 0 bridgehead atoms. The Morgan fingerprint density at radius 3 is 2.77 bits per heavy atom. The fraction of sp³-hybridized carbons (Fsp3) is 0.333. The van der Waals surface area contributed by atoms with E-state index in [1.165, 1.54) is 18.4 Å². The van der Waals surface area contributed by atoms with Gasteiger partial charge in [0.2, 0.25) is 0 Å². The van der Waals surface area contributed by atoms with Gasteiger partial charge in [0.1, 0.15) is 0 Å². The van der Waals surface area contributed by atoms with Gasteiger partial charge in [-0.3, -0.25) is 0 Å². The van der Waals surface area contributed by atoms with E-state index in [1.54, 1.807) is 0 Å². The van der Waals surface area contributed by atoms with Crippen molar-refractivity contribution in [3.05, 3.63) is 42.0 Å². The lowest BCUT2D eigenvalue weighted by molar-refractivity contribution is 0.146. The molecule has 13 heavy (non-hydrogen) atoms. The molecule has 1 heteroatoms. The first-order chi connectivity index (χ1) is 6.45. The van der Waals surface area contributed by atoms with Gasteiger partial charge >= 0.3 is 0 Å². The Morgan fingerprint density at radius 2 is 2.08 bits per heavy atom. The van der Waals surface area contributed by atoms with Gasteiger partial charge in [0.05, 0.1) is 6.10 Å². The molecule has 1 fully saturated rings. The van der Waals surface area contributed by atoms with E-state index in [0.29, 0.717) is 6.10 Å². The second-order valence-electron chi connectivity index (χ2n) is 3.32. The van der Waals surface area contributed by atoms with E-state index in [-0.39, 0.29) is 0 Å². The van der Waals surface area contributed by atoms with Crippen molar-refractivity contribution in [1.82, 2.24) is 0 Å². The molecule has 0 unspecified atom stereocenters. The Bertz CT molecular complexity index is 270. The Balaban J connectivity index is 1.97. The second kappa shape index (κ2) is 4.24. The molecule has 1 heterocycles. The summed E-state index contributed by atoms with van der Waals surface area (Å²) >= 11 is 0. The first kappa shape index (κ1) is 8.52. The quantitative estimate of drug-likeness (QED) is 0.670. The number of ether oxygens (including phenoxy) is 1. The van der Waals surface area contributed by atoms with E-state index in [2.05, 4.69) is 36.4 Å². The monoisotopic (exact) mass is 174 g/mol. The Morgan fingerprint density at radius 1 is 1.23 bits per heavy atom. The molecule has 1 aliphatic rings. The molecule has 1 atom stereocenters. The molecule has 1 aromatic carbocycles. The van der Waals surface area contributed by atoms with Crippen LogP contribution >= 0.6 is 0 Å². The van der Waals surface area contributed by atoms with Gasteiger partial charge in [0, 0.05) is 6.61 Å². The minimum atomic E-state index is 0.347. The normalized spacial score (nSPS) is 22.6. The van der Waals surface area contributed by atoms with Crippen LogP contribution < -0.4 is 0 Å². The fourth-order valence-corrected chi connectivity index (χ4v) is 1.54. The molecule has 0 radical (unpaired) electrons. The van der Waals surface area contributed by atoms with Crippen LogP contribution in [0.4, 0.5) is 0 Å². The topological polar surface area (TPSA) is 9.23 Å². The van der Waals surface area contributed by atoms with E-state index in [1.807, 2.05) is 6.07 Å². The zero-order chi connectivity index (χ0) is 8.93. The first-order valence-corrected chi connectivity index (χ1v) is 4.80. The average Bonchev–Trinajstić information content (AvgIpc) is 2.69. The molecule has 0 aromatic heterocycles. The van der Waals surface area contributed by atoms with Gasteiger partial charge < -0.3 is 4.74 Å². The zero-order valence-corrected chi connectivity index (χ0v) is 7.65. The summed E-state index contributed by atoms with van der Waals surface area (Å²) in [7, 11) is 0. The number of rotatable bonds is 2. The van der Waals surface area contributed by atoms with Crippen LogP contribution in [0.3, 0.4) is 0 Å². The van der Waals surface area contributed by atoms with Crippen molar-refractivity contribution in [2.75, 3.05) is 6.61 Å². The Kier molecular flexibility index (Phi) is 2.78. The van der Waals surface area contributed by atoms with E-state index >= 15 is 0 Å². The van der Waals surface area contributed by atoms with Crippen LogP contribution in [0.25, 0.3) is 6.08 Å². The van der Waals surface area contributed by atoms with Gasteiger partial charge in [-0.15, -0.1) is 0 Å². The first-order valence-electron chi connectivity index (χ1n) is 4.80. The number of hydrogen-bond acceptors (Lipinski definition) is 1. The third-order valence-corrected chi connectivity index (χ3v) is 2.27. The number of hydrogen-bond donors (Lipinski definition) is 0. The van der Waals surface area contributed by atoms with Crippen molar-refractivity contribution in [1.29, 1.82) is 0 Å². The van der Waals surface area contributed by atoms with Crippen molar-refractivity contribution in [3.63, 3.8) is 0 Å². The summed E-state index contributed by atoms with van der Waals surface area (Å²) in [6, 6.07) is 10.3. The van der Waals surface area contributed by atoms with Gasteiger partial charge in [0.15, 0.2) is 0 Å². The molecule has 0 spiro atoms. The van der Waals surface area contributed by atoms with Gasteiger partial charge in [-0.1, -0.05) is 42.5 Å². The molecule has 1 aromatic rings. The maximum atomic E-state index is 5.49. The molecular weight excluding hydrogens is 160 g/mol. The Labute approximate surface area is 79.0 Å². The minimum absolute atomic E-state index is 0.347. The van der Waals surface area contributed by atoms with Crippen molar-refractivity contribution in [2.24, 2.45) is 0 Å². The predicted octanol–water partition coefficient (Wildman–Crippen LogP) is 2.88. The third-order valence-electron chi connectivity index (χ3n) is 2.27. The van der Waals surface area contributed by atoms with Crippen molar-refractivity contribution >= 4 is 6.08 Å². The fourth-order valence-electron chi connectivity index (χ4n) is 1.54. The summed E-state index contributed by atoms with van der Waals surface area (Å²) in [4.78, 5) is 0. The molecule has 1 aliphatic heterocycles. The van der Waals surface area contributed by atoms with Gasteiger partial charge in [0.25, 0.3) is 0 Å². The molecule has 2 rings (SSSR count). The van der Waals surface area contributed by atoms with Crippen molar-refractivity contribution in [2.45, 2.75) is 18.9 Å². The lowest BCUT2D eigenvalue weighted by Crippen LogP contribution is -1.98. The summed E-state index contributed by atoms with van der Waals surface area (Å²) in [5.41, 5.74) is 1.25. The van der Waals surface area contributed by atoms with Gasteiger partial charge in [-0.25, -0.2) is 0 Å². The molecule has 68 valence electrons. The summed E-state index contributed by atoms with van der Waals surface area (Å²) in [6.45, 7) is 0.920. The SMILES string of the molecule is C(=C/[C@H]1CCCO1)/c1ccccc1. The lowest BCUT2D eigenvalue weighted by atomic mass is 10.1. The lowest BCUT2D eigenvalue weighted by Gasteiger charge is -2.00. The Hall–Kier alpha value is -1.08. The standard InChI is InChI=1S/C12H14O/c1-2-5-11(6-3-1)8-9-12-7-4-10-13-12/h1-3,5-6,8-9,12H,4,7,10H2/b9-8-/t12-/m1/s1. The van der Waals surface area contributed by atoms with Crippen LogP contribution in [-0.2, 0) is 4.74 Å². The highest BCUT2D eigenvalue weighted by Crippen LogP contribution is 2.14. The largest absolute Gasteiger partial charge is 0.374 e. The average molecular weight is 174 g/mol. The predicted molar refractivity (Wildman–Crippen MR) is 54.5 cm³/mol. The molecule has 0 amide bonds. The summed E-state index contributed by atoms with van der Waals surface area (Å²) in [6.07, 6.45) is 7.01. The summed E-state index contributed by atoms with van der Waals surface area (Å²) in [5, 5.41) is 0. The van der Waals surface area contributed by atoms with Crippen LogP contribution in [0.2, 0.25) is 0 Å². The molecular formula is C12H14O. The third kappa shape index (κ3) is 2.43. The van der Waals surface area contributed by atoms with Crippen molar-refractivity contribution in [3.8, 4) is 0 Å². The zero-order valence-electron chi connectivity index (χ0n) is 7.65. The van der Waals surface area contributed by atoms with Crippen LogP contribution in [0.5, 0.6) is 0 Å². The van der Waals surface area contributed by atoms with E-state index in [4.69, 9.17) is 4.74 Å². The van der Waals surface area contributed by atoms with E-state index in [9.17, 15) is 0 Å². The smallest absolute Gasteiger partial charge is 0.0759 e. The maximum absolute atomic E-state index is 5.49. The van der Waals surface area contributed by atoms with Crippen LogP contribution in [0.1, 0.15) is 18.4 Å². The minimum Gasteiger partial charge on any atom is -0.374 e. The molecule has 1 nitrogen and oxygen atoms in total. The summed E-state index contributed by atoms with van der Waals surface area (Å²) < 4.78 is 5.49. The molecule has 0 aliphatic carbocycles.